The van der Waals surface area contributed by atoms with Crippen LogP contribution in [-0.2, 0) is 4.74 Å². The predicted molar refractivity (Wildman–Crippen MR) is 44.3 cm³/mol. The summed E-state index contributed by atoms with van der Waals surface area (Å²) >= 11 is 0. The Balaban J connectivity index is 1.92. The van der Waals surface area contributed by atoms with Gasteiger partial charge in [0, 0.05) is 18.6 Å². The van der Waals surface area contributed by atoms with Crippen LogP contribution in [0.1, 0.15) is 32.1 Å². The average molecular weight is 155 g/mol. The van der Waals surface area contributed by atoms with Crippen LogP contribution in [0.4, 0.5) is 0 Å². The Morgan fingerprint density at radius 1 is 1.36 bits per heavy atom. The molecule has 1 aliphatic heterocycles. The Morgan fingerprint density at radius 3 is 2.64 bits per heavy atom. The van der Waals surface area contributed by atoms with Gasteiger partial charge in [0.25, 0.3) is 0 Å². The van der Waals surface area contributed by atoms with Crippen LogP contribution in [0.15, 0.2) is 0 Å². The molecule has 11 heavy (non-hydrogen) atoms. The minimum Gasteiger partial charge on any atom is -0.378 e. The maximum absolute atomic E-state index is 5.72. The molecule has 1 atom stereocenters. The highest BCUT2D eigenvalue weighted by Gasteiger charge is 2.49. The highest BCUT2D eigenvalue weighted by atomic mass is 16.5. The van der Waals surface area contributed by atoms with Crippen LogP contribution in [0.5, 0.6) is 0 Å². The summed E-state index contributed by atoms with van der Waals surface area (Å²) in [6, 6.07) is 0. The highest BCUT2D eigenvalue weighted by Crippen LogP contribution is 2.51. The molecular weight excluding hydrogens is 138 g/mol. The molecule has 0 aromatic rings. The molecule has 2 nitrogen and oxygen atoms in total. The van der Waals surface area contributed by atoms with Crippen molar-refractivity contribution in [3.63, 3.8) is 0 Å². The van der Waals surface area contributed by atoms with Gasteiger partial charge in [0.1, 0.15) is 0 Å². The monoisotopic (exact) mass is 155 g/mol. The lowest BCUT2D eigenvalue weighted by Gasteiger charge is -2.29. The van der Waals surface area contributed by atoms with Crippen LogP contribution in [0.3, 0.4) is 0 Å². The minimum atomic E-state index is 0.417. The van der Waals surface area contributed by atoms with E-state index in [1.165, 1.54) is 32.1 Å². The number of hydrogen-bond acceptors (Lipinski definition) is 2. The van der Waals surface area contributed by atoms with E-state index in [-0.39, 0.29) is 0 Å². The Labute approximate surface area is 68.1 Å². The van der Waals surface area contributed by atoms with Crippen LogP contribution in [-0.4, -0.2) is 19.3 Å². The van der Waals surface area contributed by atoms with Crippen LogP contribution in [0.2, 0.25) is 0 Å². The molecule has 1 saturated carbocycles. The highest BCUT2D eigenvalue weighted by molar-refractivity contribution is 5.00. The Bertz CT molecular complexity index is 136. The maximum Gasteiger partial charge on any atom is 0.0643 e. The summed E-state index contributed by atoms with van der Waals surface area (Å²) in [6.45, 7) is 1.80. The zero-order chi connectivity index (χ0) is 7.73. The number of ether oxygens (including phenoxy) is 1. The van der Waals surface area contributed by atoms with Crippen molar-refractivity contribution in [3.05, 3.63) is 0 Å². The second kappa shape index (κ2) is 2.76. The SMILES string of the molecule is NCC1(C2CCCCO2)CC1. The van der Waals surface area contributed by atoms with Gasteiger partial charge in [0.15, 0.2) is 0 Å². The second-order valence-electron chi connectivity index (χ2n) is 3.92. The van der Waals surface area contributed by atoms with E-state index in [9.17, 15) is 0 Å². The number of nitrogens with two attached hydrogens (primary N) is 1. The smallest absolute Gasteiger partial charge is 0.0643 e. The third-order valence-corrected chi connectivity index (χ3v) is 3.16. The third kappa shape index (κ3) is 1.30. The van der Waals surface area contributed by atoms with E-state index >= 15 is 0 Å². The fourth-order valence-electron chi connectivity index (χ4n) is 2.04. The zero-order valence-corrected chi connectivity index (χ0v) is 7.01. The molecule has 0 aromatic carbocycles. The quantitative estimate of drug-likeness (QED) is 0.652. The minimum absolute atomic E-state index is 0.417. The molecule has 1 aliphatic carbocycles. The molecule has 0 aromatic heterocycles. The van der Waals surface area contributed by atoms with Gasteiger partial charge in [0.05, 0.1) is 6.10 Å². The van der Waals surface area contributed by atoms with E-state index < -0.39 is 0 Å². The molecule has 2 aliphatic rings. The van der Waals surface area contributed by atoms with Crippen LogP contribution in [0.25, 0.3) is 0 Å². The van der Waals surface area contributed by atoms with Gasteiger partial charge in [-0.05, 0) is 32.1 Å². The van der Waals surface area contributed by atoms with Gasteiger partial charge < -0.3 is 10.5 Å². The summed E-state index contributed by atoms with van der Waals surface area (Å²) in [6.07, 6.45) is 6.93. The van der Waals surface area contributed by atoms with E-state index in [0.29, 0.717) is 11.5 Å². The van der Waals surface area contributed by atoms with Gasteiger partial charge in [-0.25, -0.2) is 0 Å². The van der Waals surface area contributed by atoms with Crippen molar-refractivity contribution in [2.45, 2.75) is 38.2 Å². The van der Waals surface area contributed by atoms with Gasteiger partial charge in [-0.2, -0.15) is 0 Å². The van der Waals surface area contributed by atoms with Crippen molar-refractivity contribution in [1.82, 2.24) is 0 Å². The fourth-order valence-corrected chi connectivity index (χ4v) is 2.04. The number of rotatable bonds is 2. The van der Waals surface area contributed by atoms with Gasteiger partial charge in [-0.15, -0.1) is 0 Å². The average Bonchev–Trinajstić information content (AvgIpc) is 2.86. The molecule has 2 N–H and O–H groups in total. The van der Waals surface area contributed by atoms with Crippen molar-refractivity contribution in [2.24, 2.45) is 11.1 Å². The Morgan fingerprint density at radius 2 is 2.18 bits per heavy atom. The summed E-state index contributed by atoms with van der Waals surface area (Å²) in [5, 5.41) is 0. The van der Waals surface area contributed by atoms with Gasteiger partial charge >= 0.3 is 0 Å². The van der Waals surface area contributed by atoms with E-state index in [1.54, 1.807) is 0 Å². The van der Waals surface area contributed by atoms with E-state index in [2.05, 4.69) is 0 Å². The zero-order valence-electron chi connectivity index (χ0n) is 7.01. The molecule has 1 saturated heterocycles. The maximum atomic E-state index is 5.72. The second-order valence-corrected chi connectivity index (χ2v) is 3.92. The molecule has 2 fully saturated rings. The molecule has 0 bridgehead atoms. The lowest BCUT2D eigenvalue weighted by Crippen LogP contribution is -2.34. The summed E-state index contributed by atoms with van der Waals surface area (Å²) in [5.41, 5.74) is 6.14. The van der Waals surface area contributed by atoms with Crippen molar-refractivity contribution in [3.8, 4) is 0 Å². The standard InChI is InChI=1S/C9H17NO/c10-7-9(4-5-9)8-3-1-2-6-11-8/h8H,1-7,10H2. The van der Waals surface area contributed by atoms with Crippen molar-refractivity contribution >= 4 is 0 Å². The third-order valence-electron chi connectivity index (χ3n) is 3.16. The van der Waals surface area contributed by atoms with E-state index in [0.717, 1.165) is 13.2 Å². The van der Waals surface area contributed by atoms with Crippen molar-refractivity contribution in [1.29, 1.82) is 0 Å². The molecule has 0 spiro atoms. The summed E-state index contributed by atoms with van der Waals surface area (Å²) in [4.78, 5) is 0. The molecule has 64 valence electrons. The largest absolute Gasteiger partial charge is 0.378 e. The normalized spacial score (nSPS) is 35.2. The van der Waals surface area contributed by atoms with E-state index in [1.807, 2.05) is 0 Å². The molecule has 2 heteroatoms. The first-order valence-corrected chi connectivity index (χ1v) is 4.69. The lowest BCUT2D eigenvalue weighted by atomic mass is 9.93. The topological polar surface area (TPSA) is 35.2 Å². The first kappa shape index (κ1) is 7.56. The van der Waals surface area contributed by atoms with Crippen LogP contribution < -0.4 is 5.73 Å². The van der Waals surface area contributed by atoms with Crippen LogP contribution in [0, 0.1) is 5.41 Å². The van der Waals surface area contributed by atoms with Crippen molar-refractivity contribution in [2.75, 3.05) is 13.2 Å². The molecule has 2 rings (SSSR count). The summed E-state index contributed by atoms with van der Waals surface area (Å²) in [7, 11) is 0. The van der Waals surface area contributed by atoms with Crippen molar-refractivity contribution < 1.29 is 4.74 Å². The first-order chi connectivity index (χ1) is 5.37. The van der Waals surface area contributed by atoms with E-state index in [4.69, 9.17) is 10.5 Å². The molecule has 0 amide bonds. The van der Waals surface area contributed by atoms with Gasteiger partial charge in [-0.3, -0.25) is 0 Å². The molecular formula is C9H17NO. The van der Waals surface area contributed by atoms with Gasteiger partial charge in [0.2, 0.25) is 0 Å². The lowest BCUT2D eigenvalue weighted by molar-refractivity contribution is -0.0278. The first-order valence-electron chi connectivity index (χ1n) is 4.69. The molecule has 0 radical (unpaired) electrons. The number of hydrogen-bond donors (Lipinski definition) is 1. The van der Waals surface area contributed by atoms with Gasteiger partial charge in [-0.1, -0.05) is 0 Å². The Hall–Kier alpha value is -0.0800. The molecule has 1 unspecified atom stereocenters. The fraction of sp³-hybridized carbons (Fsp3) is 1.00. The summed E-state index contributed by atoms with van der Waals surface area (Å²) in [5.74, 6) is 0. The Kier molecular flexibility index (Phi) is 1.90. The molecule has 1 heterocycles. The predicted octanol–water partition coefficient (Wildman–Crippen LogP) is 1.29. The van der Waals surface area contributed by atoms with Crippen LogP contribution >= 0.6 is 0 Å². The summed E-state index contributed by atoms with van der Waals surface area (Å²) < 4.78 is 5.72.